The highest BCUT2D eigenvalue weighted by Crippen LogP contribution is 2.48. The predicted molar refractivity (Wildman–Crippen MR) is 83.7 cm³/mol. The molecular weight excluding hydrogens is 333 g/mol. The van der Waals surface area contributed by atoms with Gasteiger partial charge < -0.3 is 4.98 Å². The molecule has 0 spiro atoms. The second kappa shape index (κ2) is 5.64. The molecule has 2 aromatic rings. The number of hydrogen-bond donors (Lipinski definition) is 1. The summed E-state index contributed by atoms with van der Waals surface area (Å²) in [4.78, 5) is 7.72. The minimum atomic E-state index is -4.36. The van der Waals surface area contributed by atoms with E-state index >= 15 is 0 Å². The molecule has 0 bridgehead atoms. The van der Waals surface area contributed by atoms with Crippen LogP contribution in [0, 0.1) is 0 Å². The molecule has 7 heteroatoms. The van der Waals surface area contributed by atoms with Gasteiger partial charge in [-0.05, 0) is 48.6 Å². The number of rotatable bonds is 4. The Hall–Kier alpha value is -0.880. The summed E-state index contributed by atoms with van der Waals surface area (Å²) < 4.78 is 39.0. The van der Waals surface area contributed by atoms with E-state index in [-0.39, 0.29) is 22.6 Å². The van der Waals surface area contributed by atoms with Crippen molar-refractivity contribution in [1.29, 1.82) is 0 Å². The summed E-state index contributed by atoms with van der Waals surface area (Å²) in [6.45, 7) is 3.83. The van der Waals surface area contributed by atoms with E-state index in [4.69, 9.17) is 11.6 Å². The maximum atomic E-state index is 13.0. The van der Waals surface area contributed by atoms with Crippen LogP contribution in [0.4, 0.5) is 13.2 Å². The van der Waals surface area contributed by atoms with Crippen molar-refractivity contribution in [3.63, 3.8) is 0 Å². The van der Waals surface area contributed by atoms with Gasteiger partial charge in [0.1, 0.15) is 11.3 Å². The largest absolute Gasteiger partial charge is 0.446 e. The smallest absolute Gasteiger partial charge is 0.342 e. The number of thioether (sulfide) groups is 1. The summed E-state index contributed by atoms with van der Waals surface area (Å²) >= 11 is 6.18. The predicted octanol–water partition coefficient (Wildman–Crippen LogP) is 6.22. The summed E-state index contributed by atoms with van der Waals surface area (Å²) in [6, 6.07) is 1.71. The van der Waals surface area contributed by atoms with Gasteiger partial charge in [0, 0.05) is 15.8 Å². The van der Waals surface area contributed by atoms with E-state index in [9.17, 15) is 13.2 Å². The summed E-state index contributed by atoms with van der Waals surface area (Å²) in [5.41, 5.74) is -2.83. The Kier molecular flexibility index (Phi) is 4.10. The highest BCUT2D eigenvalue weighted by molar-refractivity contribution is 8.00. The van der Waals surface area contributed by atoms with E-state index in [0.29, 0.717) is 27.5 Å². The summed E-state index contributed by atoms with van der Waals surface area (Å²) in [5.74, 6) is 1.07. The van der Waals surface area contributed by atoms with Crippen molar-refractivity contribution in [2.75, 3.05) is 0 Å². The number of alkyl halides is 3. The summed E-state index contributed by atoms with van der Waals surface area (Å²) in [5, 5.41) is 0.375. The third kappa shape index (κ3) is 3.08. The zero-order valence-corrected chi connectivity index (χ0v) is 13.8. The van der Waals surface area contributed by atoms with Crippen LogP contribution in [0.15, 0.2) is 11.0 Å². The van der Waals surface area contributed by atoms with Gasteiger partial charge in [-0.1, -0.05) is 25.4 Å². The van der Waals surface area contributed by atoms with E-state index in [2.05, 4.69) is 9.97 Å². The summed E-state index contributed by atoms with van der Waals surface area (Å²) in [7, 11) is 0. The first kappa shape index (κ1) is 16.0. The van der Waals surface area contributed by atoms with E-state index in [0.717, 1.165) is 25.1 Å². The molecule has 0 aliphatic heterocycles. The third-order valence-electron chi connectivity index (χ3n) is 4.03. The van der Waals surface area contributed by atoms with Crippen LogP contribution in [0.3, 0.4) is 0 Å². The highest BCUT2D eigenvalue weighted by atomic mass is 35.5. The zero-order chi connectivity index (χ0) is 16.1. The molecule has 1 atom stereocenters. The zero-order valence-electron chi connectivity index (χ0n) is 12.2. The Labute approximate surface area is 135 Å². The number of benzene rings is 1. The van der Waals surface area contributed by atoms with Crippen LogP contribution in [0.1, 0.15) is 56.3 Å². The molecule has 1 saturated carbocycles. The lowest BCUT2D eigenvalue weighted by Crippen LogP contribution is -2.04. The first-order valence-electron chi connectivity index (χ1n) is 7.28. The Bertz CT molecular complexity index is 707. The molecule has 1 unspecified atom stereocenters. The van der Waals surface area contributed by atoms with Gasteiger partial charge >= 0.3 is 5.51 Å². The van der Waals surface area contributed by atoms with Crippen LogP contribution in [-0.2, 0) is 0 Å². The Morgan fingerprint density at radius 2 is 2.14 bits per heavy atom. The SMILES string of the molecule is CCC(C)c1c(Cl)cc2[nH]c(C3CC3)nc2c1SC(F)(F)F. The molecule has 0 saturated heterocycles. The quantitative estimate of drug-likeness (QED) is 0.664. The van der Waals surface area contributed by atoms with E-state index in [1.807, 2.05) is 13.8 Å². The van der Waals surface area contributed by atoms with Crippen LogP contribution in [0.25, 0.3) is 11.0 Å². The van der Waals surface area contributed by atoms with Crippen LogP contribution in [-0.4, -0.2) is 15.5 Å². The van der Waals surface area contributed by atoms with Gasteiger partial charge in [0.15, 0.2) is 0 Å². The van der Waals surface area contributed by atoms with E-state index < -0.39 is 5.51 Å². The molecule has 0 radical (unpaired) electrons. The molecule has 1 heterocycles. The van der Waals surface area contributed by atoms with E-state index in [1.54, 1.807) is 6.07 Å². The number of nitrogens with zero attached hydrogens (tertiary/aromatic N) is 1. The van der Waals surface area contributed by atoms with Gasteiger partial charge in [0.2, 0.25) is 0 Å². The number of aromatic nitrogens is 2. The van der Waals surface area contributed by atoms with Crippen molar-refractivity contribution in [3.8, 4) is 0 Å². The molecule has 22 heavy (non-hydrogen) atoms. The van der Waals surface area contributed by atoms with Gasteiger partial charge in [0.25, 0.3) is 0 Å². The molecule has 1 aliphatic rings. The number of nitrogens with one attached hydrogen (secondary N) is 1. The molecule has 1 aliphatic carbocycles. The molecule has 2 nitrogen and oxygen atoms in total. The van der Waals surface area contributed by atoms with Crippen LogP contribution in [0.2, 0.25) is 5.02 Å². The van der Waals surface area contributed by atoms with Crippen molar-refractivity contribution in [2.24, 2.45) is 0 Å². The fourth-order valence-corrected chi connectivity index (χ4v) is 3.91. The van der Waals surface area contributed by atoms with Crippen LogP contribution < -0.4 is 0 Å². The second-order valence-corrected chi connectivity index (χ2v) is 7.23. The number of imidazole rings is 1. The fraction of sp³-hybridized carbons (Fsp3) is 0.533. The normalized spacial score (nSPS) is 17.2. The van der Waals surface area contributed by atoms with Crippen molar-refractivity contribution < 1.29 is 13.2 Å². The Morgan fingerprint density at radius 3 is 2.68 bits per heavy atom. The van der Waals surface area contributed by atoms with Crippen molar-refractivity contribution >= 4 is 34.4 Å². The van der Waals surface area contributed by atoms with Gasteiger partial charge in [-0.2, -0.15) is 13.2 Å². The second-order valence-electron chi connectivity index (χ2n) is 5.75. The third-order valence-corrected chi connectivity index (χ3v) is 5.19. The van der Waals surface area contributed by atoms with Gasteiger partial charge in [-0.25, -0.2) is 4.98 Å². The minimum Gasteiger partial charge on any atom is -0.342 e. The van der Waals surface area contributed by atoms with Crippen molar-refractivity contribution in [1.82, 2.24) is 9.97 Å². The number of fused-ring (bicyclic) bond motifs is 1. The fourth-order valence-electron chi connectivity index (χ4n) is 2.56. The first-order valence-corrected chi connectivity index (χ1v) is 8.47. The lowest BCUT2D eigenvalue weighted by Gasteiger charge is -2.18. The topological polar surface area (TPSA) is 28.7 Å². The highest BCUT2D eigenvalue weighted by Gasteiger charge is 2.35. The molecule has 1 N–H and O–H groups in total. The average molecular weight is 349 g/mol. The standard InChI is InChI=1S/C15H16ClF3N2S/c1-3-7(2)11-9(16)6-10-12(13(11)22-15(17,18)19)21-14(20-10)8-4-5-8/h6-8H,3-5H2,1-2H3,(H,20,21). The monoisotopic (exact) mass is 348 g/mol. The van der Waals surface area contributed by atoms with Crippen LogP contribution in [0.5, 0.6) is 0 Å². The molecule has 120 valence electrons. The molecular formula is C15H16ClF3N2S. The lowest BCUT2D eigenvalue weighted by atomic mass is 9.98. The van der Waals surface area contributed by atoms with Gasteiger partial charge in [0.05, 0.1) is 5.52 Å². The first-order chi connectivity index (χ1) is 10.3. The van der Waals surface area contributed by atoms with Crippen molar-refractivity contribution in [3.05, 3.63) is 22.5 Å². The average Bonchev–Trinajstić information content (AvgIpc) is 3.17. The Morgan fingerprint density at radius 1 is 1.45 bits per heavy atom. The van der Waals surface area contributed by atoms with Crippen molar-refractivity contribution in [2.45, 2.75) is 55.3 Å². The van der Waals surface area contributed by atoms with Crippen LogP contribution >= 0.6 is 23.4 Å². The molecule has 3 rings (SSSR count). The number of aromatic amines is 1. The van der Waals surface area contributed by atoms with E-state index in [1.165, 1.54) is 0 Å². The molecule has 1 aromatic heterocycles. The summed E-state index contributed by atoms with van der Waals surface area (Å²) in [6.07, 6.45) is 2.79. The minimum absolute atomic E-state index is 0.0529. The van der Waals surface area contributed by atoms with Gasteiger partial charge in [-0.3, -0.25) is 0 Å². The van der Waals surface area contributed by atoms with Gasteiger partial charge in [-0.15, -0.1) is 0 Å². The molecule has 0 amide bonds. The maximum absolute atomic E-state index is 13.0. The number of H-pyrrole nitrogens is 1. The number of halogens is 4. The maximum Gasteiger partial charge on any atom is 0.446 e. The molecule has 1 aromatic carbocycles. The lowest BCUT2D eigenvalue weighted by molar-refractivity contribution is -0.0328. The Balaban J connectivity index is 2.21. The molecule has 1 fully saturated rings. The number of hydrogen-bond acceptors (Lipinski definition) is 2.